The van der Waals surface area contributed by atoms with Crippen molar-refractivity contribution < 1.29 is 22.6 Å². The van der Waals surface area contributed by atoms with Crippen LogP contribution in [0.15, 0.2) is 42.5 Å². The summed E-state index contributed by atoms with van der Waals surface area (Å²) in [7, 11) is 1.47. The zero-order valence-corrected chi connectivity index (χ0v) is 11.3. The quantitative estimate of drug-likeness (QED) is 0.871. The number of nitrogen functional groups attached to an aromatic ring is 1. The number of methoxy groups -OCH3 is 1. The Morgan fingerprint density at radius 3 is 2.48 bits per heavy atom. The van der Waals surface area contributed by atoms with E-state index in [1.807, 2.05) is 0 Å². The summed E-state index contributed by atoms with van der Waals surface area (Å²) < 4.78 is 48.5. The zero-order chi connectivity index (χ0) is 15.5. The summed E-state index contributed by atoms with van der Waals surface area (Å²) in [6.07, 6.45) is -4.37. The van der Waals surface area contributed by atoms with E-state index in [1.54, 1.807) is 24.3 Å². The lowest BCUT2D eigenvalue weighted by atomic mass is 10.1. The van der Waals surface area contributed by atoms with Gasteiger partial charge in [0.15, 0.2) is 11.5 Å². The first-order chi connectivity index (χ1) is 9.90. The van der Waals surface area contributed by atoms with Gasteiger partial charge in [-0.3, -0.25) is 0 Å². The van der Waals surface area contributed by atoms with Gasteiger partial charge in [0.1, 0.15) is 6.61 Å². The lowest BCUT2D eigenvalue weighted by Crippen LogP contribution is -2.06. The van der Waals surface area contributed by atoms with Crippen molar-refractivity contribution in [3.05, 3.63) is 53.6 Å². The van der Waals surface area contributed by atoms with Crippen LogP contribution < -0.4 is 15.2 Å². The predicted molar refractivity (Wildman–Crippen MR) is 73.2 cm³/mol. The third kappa shape index (κ3) is 3.81. The summed E-state index contributed by atoms with van der Waals surface area (Å²) >= 11 is 0. The summed E-state index contributed by atoms with van der Waals surface area (Å²) in [5, 5.41) is 0. The summed E-state index contributed by atoms with van der Waals surface area (Å²) in [5.41, 5.74) is 5.84. The Balaban J connectivity index is 2.15. The second-order valence-electron chi connectivity index (χ2n) is 4.40. The van der Waals surface area contributed by atoms with Crippen molar-refractivity contribution in [3.8, 4) is 11.5 Å². The van der Waals surface area contributed by atoms with Gasteiger partial charge < -0.3 is 15.2 Å². The van der Waals surface area contributed by atoms with Gasteiger partial charge >= 0.3 is 6.18 Å². The largest absolute Gasteiger partial charge is 0.493 e. The van der Waals surface area contributed by atoms with E-state index in [2.05, 4.69) is 0 Å². The van der Waals surface area contributed by atoms with Crippen LogP contribution in [0.1, 0.15) is 11.1 Å². The number of ether oxygens (including phenoxy) is 2. The molecule has 0 aliphatic rings. The van der Waals surface area contributed by atoms with Crippen molar-refractivity contribution in [3.63, 3.8) is 0 Å². The fourth-order valence-electron chi connectivity index (χ4n) is 1.80. The van der Waals surface area contributed by atoms with Crippen molar-refractivity contribution >= 4 is 5.69 Å². The minimum atomic E-state index is -4.37. The van der Waals surface area contributed by atoms with Crippen LogP contribution in [0.3, 0.4) is 0 Å². The van der Waals surface area contributed by atoms with Crippen molar-refractivity contribution in [2.24, 2.45) is 0 Å². The van der Waals surface area contributed by atoms with Crippen molar-refractivity contribution in [1.82, 2.24) is 0 Å². The molecule has 112 valence electrons. The van der Waals surface area contributed by atoms with E-state index in [0.29, 0.717) is 22.7 Å². The first-order valence-corrected chi connectivity index (χ1v) is 6.12. The highest BCUT2D eigenvalue weighted by molar-refractivity contribution is 5.52. The molecular weight excluding hydrogens is 283 g/mol. The van der Waals surface area contributed by atoms with Gasteiger partial charge in [-0.25, -0.2) is 0 Å². The number of hydrogen-bond acceptors (Lipinski definition) is 3. The van der Waals surface area contributed by atoms with Gasteiger partial charge in [0.25, 0.3) is 0 Å². The topological polar surface area (TPSA) is 44.5 Å². The molecule has 0 saturated carbocycles. The van der Waals surface area contributed by atoms with E-state index in [0.717, 1.165) is 12.1 Å². The molecule has 0 heterocycles. The molecule has 2 aromatic carbocycles. The van der Waals surface area contributed by atoms with Crippen LogP contribution in [0.4, 0.5) is 18.9 Å². The zero-order valence-electron chi connectivity index (χ0n) is 11.3. The molecule has 6 heteroatoms. The Bertz CT molecular complexity index is 627. The van der Waals surface area contributed by atoms with Gasteiger partial charge in [-0.15, -0.1) is 0 Å². The molecule has 0 amide bonds. The second kappa shape index (κ2) is 5.95. The highest BCUT2D eigenvalue weighted by atomic mass is 19.4. The van der Waals surface area contributed by atoms with E-state index in [-0.39, 0.29) is 6.61 Å². The molecule has 0 unspecified atom stereocenters. The molecule has 21 heavy (non-hydrogen) atoms. The number of anilines is 1. The normalized spacial score (nSPS) is 11.2. The summed E-state index contributed by atoms with van der Waals surface area (Å²) in [6.45, 7) is -0.0102. The van der Waals surface area contributed by atoms with Gasteiger partial charge in [0.05, 0.1) is 12.7 Å². The van der Waals surface area contributed by atoms with Crippen LogP contribution in [-0.2, 0) is 12.8 Å². The number of nitrogens with two attached hydrogens (primary N) is 1. The van der Waals surface area contributed by atoms with Gasteiger partial charge in [0.2, 0.25) is 0 Å². The highest BCUT2D eigenvalue weighted by Gasteiger charge is 2.30. The lowest BCUT2D eigenvalue weighted by molar-refractivity contribution is -0.137. The average Bonchev–Trinajstić information content (AvgIpc) is 2.45. The highest BCUT2D eigenvalue weighted by Crippen LogP contribution is 2.31. The van der Waals surface area contributed by atoms with E-state index < -0.39 is 11.7 Å². The summed E-state index contributed by atoms with van der Waals surface area (Å²) in [6, 6.07) is 9.83. The first-order valence-electron chi connectivity index (χ1n) is 6.12. The molecule has 0 fully saturated rings. The first kappa shape index (κ1) is 15.0. The van der Waals surface area contributed by atoms with Crippen molar-refractivity contribution in [1.29, 1.82) is 0 Å². The molecule has 0 saturated heterocycles. The number of halogens is 3. The molecule has 2 aromatic rings. The van der Waals surface area contributed by atoms with E-state index in [1.165, 1.54) is 13.2 Å². The second-order valence-corrected chi connectivity index (χ2v) is 4.40. The maximum atomic E-state index is 12.6. The number of rotatable bonds is 4. The molecule has 0 spiro atoms. The van der Waals surface area contributed by atoms with Crippen molar-refractivity contribution in [2.45, 2.75) is 12.8 Å². The molecule has 2 rings (SSSR count). The SMILES string of the molecule is COc1ccc(N)cc1OCc1cccc(C(F)(F)F)c1. The molecule has 0 aliphatic heterocycles. The van der Waals surface area contributed by atoms with Gasteiger partial charge in [-0.05, 0) is 29.8 Å². The molecule has 0 radical (unpaired) electrons. The lowest BCUT2D eigenvalue weighted by Gasteiger charge is -2.12. The van der Waals surface area contributed by atoms with Gasteiger partial charge in [-0.1, -0.05) is 12.1 Å². The molecule has 3 nitrogen and oxygen atoms in total. The smallest absolute Gasteiger partial charge is 0.416 e. The predicted octanol–water partition coefficient (Wildman–Crippen LogP) is 3.88. The van der Waals surface area contributed by atoms with E-state index in [4.69, 9.17) is 15.2 Å². The fraction of sp³-hybridized carbons (Fsp3) is 0.200. The monoisotopic (exact) mass is 297 g/mol. The van der Waals surface area contributed by atoms with Crippen LogP contribution in [0, 0.1) is 0 Å². The molecule has 0 bridgehead atoms. The maximum absolute atomic E-state index is 12.6. The number of alkyl halides is 3. The van der Waals surface area contributed by atoms with E-state index >= 15 is 0 Å². The molecule has 0 aliphatic carbocycles. The minimum absolute atomic E-state index is 0.0102. The Labute approximate surface area is 120 Å². The Kier molecular flexibility index (Phi) is 4.26. The number of benzene rings is 2. The Morgan fingerprint density at radius 2 is 1.81 bits per heavy atom. The third-order valence-corrected chi connectivity index (χ3v) is 2.84. The van der Waals surface area contributed by atoms with Gasteiger partial charge in [-0.2, -0.15) is 13.2 Å². The molecular formula is C15H14F3NO2. The maximum Gasteiger partial charge on any atom is 0.416 e. The average molecular weight is 297 g/mol. The molecule has 0 aromatic heterocycles. The molecule has 2 N–H and O–H groups in total. The summed E-state index contributed by atoms with van der Waals surface area (Å²) in [5.74, 6) is 0.853. The van der Waals surface area contributed by atoms with Crippen LogP contribution in [0.25, 0.3) is 0 Å². The fourth-order valence-corrected chi connectivity index (χ4v) is 1.80. The van der Waals surface area contributed by atoms with Gasteiger partial charge in [0, 0.05) is 11.8 Å². The number of hydrogen-bond donors (Lipinski definition) is 1. The standard InChI is InChI=1S/C15H14F3NO2/c1-20-13-6-5-12(19)8-14(13)21-9-10-3-2-4-11(7-10)15(16,17)18/h2-8H,9,19H2,1H3. The third-order valence-electron chi connectivity index (χ3n) is 2.84. The summed E-state index contributed by atoms with van der Waals surface area (Å²) in [4.78, 5) is 0. The van der Waals surface area contributed by atoms with E-state index in [9.17, 15) is 13.2 Å². The molecule has 0 atom stereocenters. The van der Waals surface area contributed by atoms with Crippen LogP contribution in [-0.4, -0.2) is 7.11 Å². The minimum Gasteiger partial charge on any atom is -0.493 e. The van der Waals surface area contributed by atoms with Crippen LogP contribution in [0.2, 0.25) is 0 Å². The van der Waals surface area contributed by atoms with Crippen molar-refractivity contribution in [2.75, 3.05) is 12.8 Å². The Hall–Kier alpha value is -2.37. The Morgan fingerprint density at radius 1 is 1.05 bits per heavy atom. The van der Waals surface area contributed by atoms with Crippen LogP contribution in [0.5, 0.6) is 11.5 Å². The van der Waals surface area contributed by atoms with Crippen LogP contribution >= 0.6 is 0 Å².